The van der Waals surface area contributed by atoms with Crippen LogP contribution in [0.25, 0.3) is 10.2 Å². The zero-order chi connectivity index (χ0) is 22.3. The Labute approximate surface area is 190 Å². The summed E-state index contributed by atoms with van der Waals surface area (Å²) in [5.41, 5.74) is 1.32. The van der Waals surface area contributed by atoms with E-state index in [-0.39, 0.29) is 17.4 Å². The van der Waals surface area contributed by atoms with E-state index < -0.39 is 0 Å². The van der Waals surface area contributed by atoms with Gasteiger partial charge >= 0.3 is 0 Å². The predicted octanol–water partition coefficient (Wildman–Crippen LogP) is 4.09. The van der Waals surface area contributed by atoms with Gasteiger partial charge in [-0.05, 0) is 49.4 Å². The highest BCUT2D eigenvalue weighted by Gasteiger charge is 2.35. The molecule has 7 nitrogen and oxygen atoms in total. The van der Waals surface area contributed by atoms with Gasteiger partial charge in [-0.3, -0.25) is 4.90 Å². The van der Waals surface area contributed by atoms with Crippen molar-refractivity contribution in [2.24, 2.45) is 0 Å². The molecule has 0 bridgehead atoms. The fourth-order valence-electron chi connectivity index (χ4n) is 4.20. The van der Waals surface area contributed by atoms with Crippen molar-refractivity contribution < 1.29 is 4.39 Å². The van der Waals surface area contributed by atoms with Crippen LogP contribution < -0.4 is 4.90 Å². The molecule has 3 heterocycles. The number of halogens is 1. The maximum atomic E-state index is 15.0. The molecular weight excluding hydrogens is 425 g/mol. The average Bonchev–Trinajstić information content (AvgIpc) is 3.43. The molecule has 0 saturated carbocycles. The number of para-hydroxylation sites is 1. The van der Waals surface area contributed by atoms with Crippen LogP contribution in [0.2, 0.25) is 0 Å². The lowest BCUT2D eigenvalue weighted by Crippen LogP contribution is -2.49. The summed E-state index contributed by atoms with van der Waals surface area (Å²) in [6, 6.07) is 14.8. The van der Waals surface area contributed by atoms with Crippen molar-refractivity contribution in [1.29, 1.82) is 0 Å². The Morgan fingerprint density at radius 2 is 1.69 bits per heavy atom. The van der Waals surface area contributed by atoms with Crippen LogP contribution in [0.3, 0.4) is 0 Å². The number of nitrogens with zero attached hydrogens (tertiary/aromatic N) is 7. The summed E-state index contributed by atoms with van der Waals surface area (Å²) in [7, 11) is 0. The molecule has 5 rings (SSSR count). The Morgan fingerprint density at radius 3 is 2.41 bits per heavy atom. The summed E-state index contributed by atoms with van der Waals surface area (Å²) in [6.07, 6.45) is 0. The molecule has 166 valence electrons. The van der Waals surface area contributed by atoms with Gasteiger partial charge in [0.2, 0.25) is 0 Å². The quantitative estimate of drug-likeness (QED) is 0.466. The third-order valence-corrected chi connectivity index (χ3v) is 6.90. The second-order valence-electron chi connectivity index (χ2n) is 9.03. The van der Waals surface area contributed by atoms with E-state index in [0.29, 0.717) is 11.4 Å². The van der Waals surface area contributed by atoms with Gasteiger partial charge in [0.05, 0.1) is 15.8 Å². The number of anilines is 1. The second-order valence-corrected chi connectivity index (χ2v) is 10.0. The Kier molecular flexibility index (Phi) is 5.38. The molecule has 0 spiro atoms. The first-order chi connectivity index (χ1) is 15.4. The lowest BCUT2D eigenvalue weighted by atomic mass is 10.0. The van der Waals surface area contributed by atoms with Crippen LogP contribution in [-0.2, 0) is 5.54 Å². The fourth-order valence-corrected chi connectivity index (χ4v) is 5.22. The van der Waals surface area contributed by atoms with E-state index in [2.05, 4.69) is 52.2 Å². The molecule has 0 aliphatic carbocycles. The lowest BCUT2D eigenvalue weighted by Gasteiger charge is -2.39. The molecular formula is C23H26FN7S. The van der Waals surface area contributed by atoms with Gasteiger partial charge in [-0.1, -0.05) is 41.7 Å². The van der Waals surface area contributed by atoms with E-state index in [4.69, 9.17) is 4.98 Å². The molecule has 0 amide bonds. The number of aromatic nitrogens is 5. The van der Waals surface area contributed by atoms with Gasteiger partial charge in [-0.2, -0.15) is 0 Å². The van der Waals surface area contributed by atoms with E-state index in [1.807, 2.05) is 35.0 Å². The zero-order valence-corrected chi connectivity index (χ0v) is 19.3. The van der Waals surface area contributed by atoms with E-state index >= 15 is 0 Å². The first-order valence-electron chi connectivity index (χ1n) is 10.8. The average molecular weight is 452 g/mol. The molecule has 1 aliphatic rings. The largest absolute Gasteiger partial charge is 0.345 e. The van der Waals surface area contributed by atoms with Gasteiger partial charge in [0.15, 0.2) is 11.0 Å². The summed E-state index contributed by atoms with van der Waals surface area (Å²) < 4.78 is 18.0. The molecule has 2 aromatic heterocycles. The van der Waals surface area contributed by atoms with Crippen molar-refractivity contribution in [2.45, 2.75) is 32.4 Å². The summed E-state index contributed by atoms with van der Waals surface area (Å²) in [5.74, 6) is 0.422. The van der Waals surface area contributed by atoms with Crippen molar-refractivity contribution in [2.75, 3.05) is 31.1 Å². The predicted molar refractivity (Wildman–Crippen MR) is 124 cm³/mol. The molecule has 32 heavy (non-hydrogen) atoms. The van der Waals surface area contributed by atoms with Crippen LogP contribution in [0.4, 0.5) is 9.52 Å². The monoisotopic (exact) mass is 451 g/mol. The molecule has 0 unspecified atom stereocenters. The highest BCUT2D eigenvalue weighted by molar-refractivity contribution is 7.22. The van der Waals surface area contributed by atoms with E-state index in [1.165, 1.54) is 10.8 Å². The summed E-state index contributed by atoms with van der Waals surface area (Å²) in [5, 5.41) is 13.6. The molecule has 1 saturated heterocycles. The van der Waals surface area contributed by atoms with Gasteiger partial charge in [0.25, 0.3) is 0 Å². The minimum Gasteiger partial charge on any atom is -0.345 e. The van der Waals surface area contributed by atoms with Crippen LogP contribution in [0.15, 0.2) is 48.5 Å². The molecule has 2 aromatic carbocycles. The summed E-state index contributed by atoms with van der Waals surface area (Å²) >= 11 is 1.72. The number of thiazole rings is 1. The molecule has 0 N–H and O–H groups in total. The Hall–Kier alpha value is -2.91. The summed E-state index contributed by atoms with van der Waals surface area (Å²) in [6.45, 7) is 9.28. The van der Waals surface area contributed by atoms with Gasteiger partial charge in [-0.15, -0.1) is 5.10 Å². The Balaban J connectivity index is 1.45. The molecule has 1 aliphatic heterocycles. The normalized spacial score (nSPS) is 16.6. The zero-order valence-electron chi connectivity index (χ0n) is 18.4. The fraction of sp³-hybridized carbons (Fsp3) is 0.391. The molecule has 0 radical (unpaired) electrons. The number of tetrazole rings is 1. The highest BCUT2D eigenvalue weighted by Crippen LogP contribution is 2.34. The van der Waals surface area contributed by atoms with E-state index in [9.17, 15) is 4.39 Å². The molecule has 1 atom stereocenters. The lowest BCUT2D eigenvalue weighted by molar-refractivity contribution is 0.188. The number of benzene rings is 2. The molecule has 1 fully saturated rings. The van der Waals surface area contributed by atoms with E-state index in [0.717, 1.165) is 36.8 Å². The topological polar surface area (TPSA) is 63.0 Å². The third kappa shape index (κ3) is 3.86. The van der Waals surface area contributed by atoms with Crippen LogP contribution in [0.1, 0.15) is 38.2 Å². The minimum absolute atomic E-state index is 0.241. The van der Waals surface area contributed by atoms with Crippen molar-refractivity contribution in [1.82, 2.24) is 30.1 Å². The first kappa shape index (κ1) is 21.0. The van der Waals surface area contributed by atoms with Crippen LogP contribution in [0, 0.1) is 5.82 Å². The van der Waals surface area contributed by atoms with Crippen molar-refractivity contribution in [3.05, 3.63) is 65.7 Å². The number of rotatable bonds is 4. The Bertz CT molecular complexity index is 1190. The van der Waals surface area contributed by atoms with Crippen LogP contribution in [0.5, 0.6) is 0 Å². The van der Waals surface area contributed by atoms with Gasteiger partial charge in [0, 0.05) is 31.7 Å². The number of piperazine rings is 1. The SMILES string of the molecule is CC(C)(C)n1nnnc1[C@H](c1ccccc1F)N1CCN(c2nc3ccccc3s2)CC1. The maximum Gasteiger partial charge on any atom is 0.186 e. The highest BCUT2D eigenvalue weighted by atomic mass is 32.1. The van der Waals surface area contributed by atoms with Gasteiger partial charge in [-0.25, -0.2) is 14.1 Å². The number of fused-ring (bicyclic) bond motifs is 1. The third-order valence-electron chi connectivity index (χ3n) is 5.81. The van der Waals surface area contributed by atoms with E-state index in [1.54, 1.807) is 17.4 Å². The smallest absolute Gasteiger partial charge is 0.186 e. The van der Waals surface area contributed by atoms with Crippen molar-refractivity contribution >= 4 is 26.7 Å². The van der Waals surface area contributed by atoms with Crippen molar-refractivity contribution in [3.8, 4) is 0 Å². The van der Waals surface area contributed by atoms with Crippen molar-refractivity contribution in [3.63, 3.8) is 0 Å². The maximum absolute atomic E-state index is 15.0. The standard InChI is InChI=1S/C23H26FN7S/c1-23(2,3)31-21(26-27-28-31)20(16-8-4-5-9-17(16)24)29-12-14-30(15-13-29)22-25-18-10-6-7-11-19(18)32-22/h4-11,20H,12-15H2,1-3H3/t20-/m0/s1. The van der Waals surface area contributed by atoms with Gasteiger partial charge < -0.3 is 4.90 Å². The summed E-state index contributed by atoms with van der Waals surface area (Å²) in [4.78, 5) is 9.39. The second kappa shape index (κ2) is 8.22. The van der Waals surface area contributed by atoms with Crippen LogP contribution >= 0.6 is 11.3 Å². The Morgan fingerprint density at radius 1 is 0.969 bits per heavy atom. The first-order valence-corrected chi connectivity index (χ1v) is 11.6. The number of hydrogen-bond donors (Lipinski definition) is 0. The number of hydrogen-bond acceptors (Lipinski definition) is 7. The minimum atomic E-state index is -0.358. The molecule has 4 aromatic rings. The molecule has 9 heteroatoms. The van der Waals surface area contributed by atoms with Gasteiger partial charge in [0.1, 0.15) is 11.9 Å². The van der Waals surface area contributed by atoms with Crippen LogP contribution in [-0.4, -0.2) is 56.3 Å².